The number of aromatic nitrogens is 1. The topological polar surface area (TPSA) is 37.2 Å². The summed E-state index contributed by atoms with van der Waals surface area (Å²) in [5.74, 6) is 0.327. The summed E-state index contributed by atoms with van der Waals surface area (Å²) in [6.07, 6.45) is 2.07. The van der Waals surface area contributed by atoms with Gasteiger partial charge in [0.15, 0.2) is 0 Å². The molecule has 0 saturated carbocycles. The van der Waals surface area contributed by atoms with Crippen LogP contribution in [-0.2, 0) is 6.42 Å². The Balaban J connectivity index is 1.88. The molecule has 0 amide bonds. The van der Waals surface area contributed by atoms with Crippen molar-refractivity contribution in [1.82, 2.24) is 4.68 Å². The zero-order valence-corrected chi connectivity index (χ0v) is 11.9. The van der Waals surface area contributed by atoms with Crippen LogP contribution in [-0.4, -0.2) is 15.8 Å². The maximum absolute atomic E-state index is 9.25. The normalized spacial score (nSPS) is 12.4. The molecule has 1 aromatic carbocycles. The zero-order valence-electron chi connectivity index (χ0n) is 11.9. The summed E-state index contributed by atoms with van der Waals surface area (Å²) in [6, 6.07) is 12.1. The van der Waals surface area contributed by atoms with Gasteiger partial charge in [0.25, 0.3) is 0 Å². The van der Waals surface area contributed by atoms with E-state index in [1.165, 1.54) is 17.0 Å². The Bertz CT molecular complexity index is 509. The molecule has 1 aromatic heterocycles. The third-order valence-corrected chi connectivity index (χ3v) is 3.42. The molecule has 19 heavy (non-hydrogen) atoms. The molecule has 1 atom stereocenters. The van der Waals surface area contributed by atoms with Crippen molar-refractivity contribution in [3.63, 3.8) is 0 Å². The average Bonchev–Trinajstić information content (AvgIpc) is 2.70. The molecule has 0 radical (unpaired) electrons. The van der Waals surface area contributed by atoms with Crippen LogP contribution in [0.15, 0.2) is 36.4 Å². The smallest absolute Gasteiger partial charge is 0.115 e. The summed E-state index contributed by atoms with van der Waals surface area (Å²) in [5.41, 5.74) is 7.23. The van der Waals surface area contributed by atoms with Crippen LogP contribution in [0.1, 0.15) is 30.3 Å². The molecule has 0 saturated heterocycles. The van der Waals surface area contributed by atoms with Crippen molar-refractivity contribution in [3.05, 3.63) is 53.3 Å². The van der Waals surface area contributed by atoms with Gasteiger partial charge in [-0.3, -0.25) is 4.68 Å². The van der Waals surface area contributed by atoms with Gasteiger partial charge in [0.05, 0.1) is 0 Å². The second-order valence-corrected chi connectivity index (χ2v) is 5.19. The summed E-state index contributed by atoms with van der Waals surface area (Å²) < 4.78 is 2.14. The average molecular weight is 258 g/mol. The molecule has 0 aliphatic heterocycles. The zero-order chi connectivity index (χ0) is 13.8. The van der Waals surface area contributed by atoms with Crippen molar-refractivity contribution in [3.8, 4) is 5.75 Å². The third kappa shape index (κ3) is 3.53. The van der Waals surface area contributed by atoms with Gasteiger partial charge in [0, 0.05) is 17.4 Å². The molecule has 2 rings (SSSR count). The van der Waals surface area contributed by atoms with Crippen LogP contribution in [0.5, 0.6) is 5.75 Å². The van der Waals surface area contributed by atoms with E-state index in [4.69, 9.17) is 0 Å². The molecule has 3 nitrogen and oxygen atoms in total. The first kappa shape index (κ1) is 13.5. The number of nitrogens with one attached hydrogen (secondary N) is 1. The first-order valence-corrected chi connectivity index (χ1v) is 6.75. The van der Waals surface area contributed by atoms with Crippen LogP contribution in [0, 0.1) is 13.8 Å². The van der Waals surface area contributed by atoms with Crippen LogP contribution in [0.2, 0.25) is 0 Å². The van der Waals surface area contributed by atoms with Crippen LogP contribution < -0.4 is 5.43 Å². The largest absolute Gasteiger partial charge is 0.508 e. The lowest BCUT2D eigenvalue weighted by molar-refractivity contribution is 0.475. The molecule has 0 aliphatic carbocycles. The molecular formula is C16H22N2O. The molecule has 2 aromatic rings. The highest BCUT2D eigenvalue weighted by Crippen LogP contribution is 2.13. The molecule has 0 spiro atoms. The summed E-state index contributed by atoms with van der Waals surface area (Å²) in [5, 5.41) is 9.25. The Kier molecular flexibility index (Phi) is 4.15. The maximum Gasteiger partial charge on any atom is 0.115 e. The lowest BCUT2D eigenvalue weighted by Crippen LogP contribution is -2.27. The van der Waals surface area contributed by atoms with E-state index in [-0.39, 0.29) is 0 Å². The summed E-state index contributed by atoms with van der Waals surface area (Å²) in [6.45, 7) is 6.40. The van der Waals surface area contributed by atoms with Crippen LogP contribution in [0.4, 0.5) is 0 Å². The van der Waals surface area contributed by atoms with Gasteiger partial charge in [-0.15, -0.1) is 0 Å². The highest BCUT2D eigenvalue weighted by molar-refractivity contribution is 5.26. The number of hydrogen-bond acceptors (Lipinski definition) is 2. The summed E-state index contributed by atoms with van der Waals surface area (Å²) in [4.78, 5) is 0. The van der Waals surface area contributed by atoms with Crippen molar-refractivity contribution in [2.75, 3.05) is 5.43 Å². The Morgan fingerprint density at radius 1 is 1.05 bits per heavy atom. The van der Waals surface area contributed by atoms with Crippen molar-refractivity contribution < 1.29 is 5.11 Å². The predicted octanol–water partition coefficient (Wildman–Crippen LogP) is 3.38. The fourth-order valence-electron chi connectivity index (χ4n) is 2.20. The van der Waals surface area contributed by atoms with E-state index in [1.54, 1.807) is 12.1 Å². The Morgan fingerprint density at radius 3 is 2.21 bits per heavy atom. The van der Waals surface area contributed by atoms with Crippen LogP contribution in [0.25, 0.3) is 0 Å². The number of benzene rings is 1. The predicted molar refractivity (Wildman–Crippen MR) is 79.2 cm³/mol. The molecule has 3 heteroatoms. The van der Waals surface area contributed by atoms with E-state index in [0.29, 0.717) is 11.8 Å². The first-order valence-electron chi connectivity index (χ1n) is 6.75. The van der Waals surface area contributed by atoms with Gasteiger partial charge in [-0.1, -0.05) is 12.1 Å². The van der Waals surface area contributed by atoms with E-state index in [0.717, 1.165) is 12.8 Å². The number of hydrogen-bond donors (Lipinski definition) is 2. The minimum absolute atomic E-state index is 0.327. The summed E-state index contributed by atoms with van der Waals surface area (Å²) in [7, 11) is 0. The standard InChI is InChI=1S/C16H22N2O/c1-12(17-18-13(2)5-6-14(18)3)4-7-15-8-10-16(19)11-9-15/h5-6,8-12,17,19H,4,7H2,1-3H3. The molecular weight excluding hydrogens is 236 g/mol. The van der Waals surface area contributed by atoms with Gasteiger partial charge in [-0.05, 0) is 63.4 Å². The highest BCUT2D eigenvalue weighted by atomic mass is 16.3. The van der Waals surface area contributed by atoms with Gasteiger partial charge >= 0.3 is 0 Å². The fourth-order valence-corrected chi connectivity index (χ4v) is 2.20. The molecule has 2 N–H and O–H groups in total. The summed E-state index contributed by atoms with van der Waals surface area (Å²) >= 11 is 0. The maximum atomic E-state index is 9.25. The Morgan fingerprint density at radius 2 is 1.63 bits per heavy atom. The second kappa shape index (κ2) is 5.83. The van der Waals surface area contributed by atoms with Gasteiger partial charge in [0.2, 0.25) is 0 Å². The minimum Gasteiger partial charge on any atom is -0.508 e. The monoisotopic (exact) mass is 258 g/mol. The molecule has 1 heterocycles. The molecule has 0 fully saturated rings. The number of aromatic hydroxyl groups is 1. The van der Waals surface area contributed by atoms with Crippen molar-refractivity contribution in [2.24, 2.45) is 0 Å². The highest BCUT2D eigenvalue weighted by Gasteiger charge is 2.06. The van der Waals surface area contributed by atoms with E-state index in [2.05, 4.69) is 43.0 Å². The van der Waals surface area contributed by atoms with Crippen molar-refractivity contribution >= 4 is 0 Å². The van der Waals surface area contributed by atoms with Crippen LogP contribution in [0.3, 0.4) is 0 Å². The quantitative estimate of drug-likeness (QED) is 0.862. The molecule has 0 aliphatic rings. The Labute approximate surface area is 114 Å². The lowest BCUT2D eigenvalue weighted by atomic mass is 10.1. The van der Waals surface area contributed by atoms with Crippen molar-refractivity contribution in [2.45, 2.75) is 39.7 Å². The van der Waals surface area contributed by atoms with Crippen molar-refractivity contribution in [1.29, 1.82) is 0 Å². The lowest BCUT2D eigenvalue weighted by Gasteiger charge is -2.19. The van der Waals surface area contributed by atoms with E-state index < -0.39 is 0 Å². The third-order valence-electron chi connectivity index (χ3n) is 3.42. The number of phenolic OH excluding ortho intramolecular Hbond substituents is 1. The van der Waals surface area contributed by atoms with Gasteiger partial charge in [-0.2, -0.15) is 0 Å². The minimum atomic E-state index is 0.327. The Hall–Kier alpha value is -1.90. The molecule has 102 valence electrons. The number of aryl methyl sites for hydroxylation is 3. The first-order chi connectivity index (χ1) is 9.06. The SMILES string of the molecule is Cc1ccc(C)n1NC(C)CCc1ccc(O)cc1. The number of phenols is 1. The molecule has 1 unspecified atom stereocenters. The van der Waals surface area contributed by atoms with E-state index in [9.17, 15) is 5.11 Å². The van der Waals surface area contributed by atoms with Gasteiger partial charge in [-0.25, -0.2) is 0 Å². The van der Waals surface area contributed by atoms with Gasteiger partial charge in [0.1, 0.15) is 5.75 Å². The molecule has 0 bridgehead atoms. The number of nitrogens with zero attached hydrogens (tertiary/aromatic N) is 1. The van der Waals surface area contributed by atoms with Gasteiger partial charge < -0.3 is 10.5 Å². The number of rotatable bonds is 5. The fraction of sp³-hybridized carbons (Fsp3) is 0.375. The van der Waals surface area contributed by atoms with E-state index >= 15 is 0 Å². The van der Waals surface area contributed by atoms with Crippen LogP contribution >= 0.6 is 0 Å². The van der Waals surface area contributed by atoms with E-state index in [1.807, 2.05) is 12.1 Å². The second-order valence-electron chi connectivity index (χ2n) is 5.19.